The maximum Gasteiger partial charge on any atom is 0.472 e. The summed E-state index contributed by atoms with van der Waals surface area (Å²) in [6, 6.07) is 0. The van der Waals surface area contributed by atoms with E-state index in [0.29, 0.717) is 38.5 Å². The molecule has 0 aliphatic carbocycles. The van der Waals surface area contributed by atoms with Crippen LogP contribution in [0.1, 0.15) is 336 Å². The van der Waals surface area contributed by atoms with Crippen molar-refractivity contribution in [2.24, 2.45) is 0 Å². The molecule has 0 spiro atoms. The van der Waals surface area contributed by atoms with Crippen molar-refractivity contribution in [2.75, 3.05) is 39.6 Å². The zero-order chi connectivity index (χ0) is 77.4. The molecule has 0 heterocycles. The number of aliphatic hydroxyl groups excluding tert-OH is 1. The minimum absolute atomic E-state index is 0.000295. The third kappa shape index (κ3) is 77.4. The Hall–Kier alpha value is -4.80. The first-order valence-electron chi connectivity index (χ1n) is 41.4. The van der Waals surface area contributed by atoms with Gasteiger partial charge in [0, 0.05) is 25.7 Å². The number of esters is 4. The van der Waals surface area contributed by atoms with Gasteiger partial charge >= 0.3 is 39.5 Å². The van der Waals surface area contributed by atoms with Gasteiger partial charge in [-0.2, -0.15) is 0 Å². The first-order chi connectivity index (χ1) is 51.7. The SMILES string of the molecule is CCCCC/C=C\C/C=C\C/C=C\C/C=C\C/C=C\CCC(=O)OC[C@H](COP(=O)(O)OC[C@@H](O)COP(=O)(O)OC[C@@H](COC(=O)CCCCCCC/C=C\CCCCCCCC)OC(=O)CCCCCCC/C=C\CCCCCCCC)OC(=O)CCC/C=C\C/C=C\C/C=C\C/C=C\CCCCC. The van der Waals surface area contributed by atoms with Crippen LogP contribution in [0.4, 0.5) is 0 Å². The minimum atomic E-state index is -5.01. The van der Waals surface area contributed by atoms with Crippen LogP contribution in [0.2, 0.25) is 0 Å². The van der Waals surface area contributed by atoms with Gasteiger partial charge in [0.05, 0.1) is 26.4 Å². The van der Waals surface area contributed by atoms with Gasteiger partial charge in [-0.3, -0.25) is 37.3 Å². The molecule has 0 aromatic rings. The van der Waals surface area contributed by atoms with Crippen molar-refractivity contribution in [1.82, 2.24) is 0 Å². The molecule has 19 heteroatoms. The maximum absolute atomic E-state index is 13.1. The summed E-state index contributed by atoms with van der Waals surface area (Å²) in [7, 11) is -10.0. The number of carbonyl (C=O) groups is 4. The van der Waals surface area contributed by atoms with E-state index in [0.717, 1.165) is 128 Å². The van der Waals surface area contributed by atoms with Crippen molar-refractivity contribution in [3.05, 3.63) is 134 Å². The Morgan fingerprint density at radius 2 is 0.491 bits per heavy atom. The molecule has 0 rings (SSSR count). The van der Waals surface area contributed by atoms with E-state index in [1.54, 1.807) is 0 Å². The van der Waals surface area contributed by atoms with Crippen molar-refractivity contribution in [3.63, 3.8) is 0 Å². The van der Waals surface area contributed by atoms with E-state index in [9.17, 15) is 43.2 Å². The highest BCUT2D eigenvalue weighted by molar-refractivity contribution is 7.47. The Bertz CT molecular complexity index is 2530. The zero-order valence-corrected chi connectivity index (χ0v) is 68.4. The fourth-order valence-electron chi connectivity index (χ4n) is 10.7. The van der Waals surface area contributed by atoms with Crippen molar-refractivity contribution in [3.8, 4) is 0 Å². The topological polar surface area (TPSA) is 237 Å². The number of phosphoric acid groups is 2. The average Bonchev–Trinajstić information content (AvgIpc) is 0.902. The fourth-order valence-corrected chi connectivity index (χ4v) is 12.3. The molecule has 0 aliphatic heterocycles. The van der Waals surface area contributed by atoms with Crippen LogP contribution in [-0.2, 0) is 65.4 Å². The Balaban J connectivity index is 5.50. The third-order valence-corrected chi connectivity index (χ3v) is 19.0. The van der Waals surface area contributed by atoms with Crippen LogP contribution in [-0.4, -0.2) is 96.7 Å². The molecular formula is C87H148O17P2. The Morgan fingerprint density at radius 3 is 0.830 bits per heavy atom. The third-order valence-electron chi connectivity index (χ3n) is 17.1. The number of rotatable bonds is 77. The van der Waals surface area contributed by atoms with Gasteiger partial charge in [-0.05, 0) is 154 Å². The van der Waals surface area contributed by atoms with Gasteiger partial charge in [0.25, 0.3) is 0 Å². The summed E-state index contributed by atoms with van der Waals surface area (Å²) in [6.07, 6.45) is 88.7. The lowest BCUT2D eigenvalue weighted by atomic mass is 10.1. The quantitative estimate of drug-likeness (QED) is 0.0169. The molecule has 2 unspecified atom stereocenters. The van der Waals surface area contributed by atoms with Gasteiger partial charge in [0.15, 0.2) is 12.2 Å². The molecule has 608 valence electrons. The van der Waals surface area contributed by atoms with Crippen LogP contribution in [0.25, 0.3) is 0 Å². The molecule has 0 aromatic heterocycles. The van der Waals surface area contributed by atoms with Crippen LogP contribution in [0.15, 0.2) is 134 Å². The molecule has 3 N–H and O–H groups in total. The summed E-state index contributed by atoms with van der Waals surface area (Å²) in [5, 5.41) is 10.7. The highest BCUT2D eigenvalue weighted by Gasteiger charge is 2.30. The smallest absolute Gasteiger partial charge is 0.462 e. The molecule has 0 amide bonds. The van der Waals surface area contributed by atoms with E-state index in [-0.39, 0.29) is 25.7 Å². The first-order valence-corrected chi connectivity index (χ1v) is 44.4. The highest BCUT2D eigenvalue weighted by Crippen LogP contribution is 2.45. The second-order valence-electron chi connectivity index (χ2n) is 27.3. The first kappa shape index (κ1) is 101. The molecule has 0 fully saturated rings. The molecule has 0 bridgehead atoms. The number of allylic oxidation sites excluding steroid dienone is 22. The second-order valence-corrected chi connectivity index (χ2v) is 30.3. The monoisotopic (exact) mass is 1530 g/mol. The average molecular weight is 1530 g/mol. The molecule has 0 radical (unpaired) electrons. The van der Waals surface area contributed by atoms with Crippen LogP contribution in [0.5, 0.6) is 0 Å². The van der Waals surface area contributed by atoms with Crippen molar-refractivity contribution >= 4 is 39.5 Å². The number of ether oxygens (including phenoxy) is 4. The van der Waals surface area contributed by atoms with E-state index in [2.05, 4.69) is 131 Å². The lowest BCUT2D eigenvalue weighted by Gasteiger charge is -2.21. The van der Waals surface area contributed by atoms with Crippen LogP contribution in [0.3, 0.4) is 0 Å². The molecule has 0 saturated carbocycles. The zero-order valence-electron chi connectivity index (χ0n) is 66.6. The maximum atomic E-state index is 13.1. The van der Waals surface area contributed by atoms with Gasteiger partial charge in [0.2, 0.25) is 0 Å². The molecule has 0 aliphatic rings. The predicted octanol–water partition coefficient (Wildman–Crippen LogP) is 24.4. The number of carbonyl (C=O) groups excluding carboxylic acids is 4. The molecule has 106 heavy (non-hydrogen) atoms. The van der Waals surface area contributed by atoms with E-state index >= 15 is 0 Å². The Labute approximate surface area is 644 Å². The van der Waals surface area contributed by atoms with E-state index < -0.39 is 97.5 Å². The van der Waals surface area contributed by atoms with E-state index in [4.69, 9.17) is 37.0 Å². The van der Waals surface area contributed by atoms with Gasteiger partial charge in [-0.25, -0.2) is 9.13 Å². The Kier molecular flexibility index (Phi) is 74.8. The van der Waals surface area contributed by atoms with E-state index in [1.165, 1.54) is 116 Å². The largest absolute Gasteiger partial charge is 0.472 e. The summed E-state index contributed by atoms with van der Waals surface area (Å²) >= 11 is 0. The number of aliphatic hydroxyl groups is 1. The molecule has 0 aromatic carbocycles. The van der Waals surface area contributed by atoms with Gasteiger partial charge in [-0.15, -0.1) is 0 Å². The lowest BCUT2D eigenvalue weighted by Crippen LogP contribution is -2.30. The minimum Gasteiger partial charge on any atom is -0.462 e. The summed E-state index contributed by atoms with van der Waals surface area (Å²) < 4.78 is 68.5. The van der Waals surface area contributed by atoms with Gasteiger partial charge in [-0.1, -0.05) is 290 Å². The normalized spacial score (nSPS) is 14.5. The van der Waals surface area contributed by atoms with Crippen molar-refractivity contribution in [1.29, 1.82) is 0 Å². The summed E-state index contributed by atoms with van der Waals surface area (Å²) in [5.41, 5.74) is 0. The standard InChI is InChI=1S/C87H148O17P2/c1-5-9-13-17-21-25-29-33-37-39-40-42-45-48-52-56-60-64-68-72-85(90)98-78-83(104-87(92)74-70-66-62-58-54-50-46-41-38-34-30-26-22-18-14-10-6-2)80-102-106(95,96)100-76-81(88)75-99-105(93,94)101-79-82(103-86(91)73-69-65-61-57-53-49-44-36-32-28-24-20-16-12-8-4)77-97-84(89)71-67-63-59-55-51-47-43-35-31-27-23-19-15-11-7-3/h21-22,25-26,33-38,40,42-44,46,48,50,52,58,60,62,64,81-83,88H,5-20,23-24,27-32,39,41,45,47,49,51,53-57,59,61,63,65-80H2,1-4H3,(H,93,94)(H,95,96)/b25-21-,26-22-,37-33-,38-34-,42-40-,43-35-,44-36-,50-46-,52-48-,62-58-,64-60-/t81-,82+,83+/m0/s1. The van der Waals surface area contributed by atoms with E-state index in [1.807, 2.05) is 30.4 Å². The number of unbranched alkanes of at least 4 members (excludes halogenated alkanes) is 29. The van der Waals surface area contributed by atoms with Crippen LogP contribution >= 0.6 is 15.6 Å². The molecule has 17 nitrogen and oxygen atoms in total. The summed E-state index contributed by atoms with van der Waals surface area (Å²) in [6.45, 7) is 4.67. The number of phosphoric ester groups is 2. The highest BCUT2D eigenvalue weighted by atomic mass is 31.2. The van der Waals surface area contributed by atoms with Crippen molar-refractivity contribution in [2.45, 2.75) is 354 Å². The van der Waals surface area contributed by atoms with Crippen LogP contribution in [0, 0.1) is 0 Å². The predicted molar refractivity (Wildman–Crippen MR) is 436 cm³/mol. The number of hydrogen-bond donors (Lipinski definition) is 3. The van der Waals surface area contributed by atoms with Gasteiger partial charge < -0.3 is 33.8 Å². The summed E-state index contributed by atoms with van der Waals surface area (Å²) in [4.78, 5) is 73.1. The number of hydrogen-bond acceptors (Lipinski definition) is 15. The molecular weight excluding hydrogens is 1380 g/mol. The van der Waals surface area contributed by atoms with Crippen LogP contribution < -0.4 is 0 Å². The second kappa shape index (κ2) is 78.3. The molecule has 0 saturated heterocycles. The lowest BCUT2D eigenvalue weighted by molar-refractivity contribution is -0.161. The van der Waals surface area contributed by atoms with Gasteiger partial charge in [0.1, 0.15) is 19.3 Å². The fraction of sp³-hybridized carbons (Fsp3) is 0.701. The molecule has 5 atom stereocenters. The summed E-state index contributed by atoms with van der Waals surface area (Å²) in [5.74, 6) is -2.35. The van der Waals surface area contributed by atoms with Crippen molar-refractivity contribution < 1.29 is 80.2 Å². The Morgan fingerprint density at radius 1 is 0.264 bits per heavy atom.